The molecule has 4 N–H and O–H groups in total. The fourth-order valence-electron chi connectivity index (χ4n) is 2.40. The van der Waals surface area contributed by atoms with E-state index in [0.717, 1.165) is 43.1 Å². The van der Waals surface area contributed by atoms with Crippen molar-refractivity contribution in [2.75, 3.05) is 17.6 Å². The molecule has 1 aromatic carbocycles. The van der Waals surface area contributed by atoms with Crippen LogP contribution in [0.5, 0.6) is 0 Å². The van der Waals surface area contributed by atoms with Crippen LogP contribution in [0.15, 0.2) is 24.3 Å². The molecule has 0 bridgehead atoms. The SMILES string of the molecule is Cc1ccc(CNc2nc(N)nc3c2CNCC3)cc1. The quantitative estimate of drug-likeness (QED) is 0.789. The monoisotopic (exact) mass is 269 g/mol. The van der Waals surface area contributed by atoms with Crippen molar-refractivity contribution in [2.24, 2.45) is 0 Å². The Labute approximate surface area is 118 Å². The number of nitrogens with one attached hydrogen (secondary N) is 2. The molecule has 0 atom stereocenters. The van der Waals surface area contributed by atoms with Crippen LogP contribution >= 0.6 is 0 Å². The van der Waals surface area contributed by atoms with Gasteiger partial charge in [0.1, 0.15) is 5.82 Å². The van der Waals surface area contributed by atoms with Crippen molar-refractivity contribution in [3.8, 4) is 0 Å². The maximum atomic E-state index is 5.79. The number of aromatic nitrogens is 2. The fraction of sp³-hybridized carbons (Fsp3) is 0.333. The molecule has 0 aliphatic carbocycles. The topological polar surface area (TPSA) is 75.9 Å². The maximum Gasteiger partial charge on any atom is 0.222 e. The van der Waals surface area contributed by atoms with Crippen molar-refractivity contribution >= 4 is 11.8 Å². The van der Waals surface area contributed by atoms with E-state index in [2.05, 4.69) is 51.8 Å². The highest BCUT2D eigenvalue weighted by Gasteiger charge is 2.16. The van der Waals surface area contributed by atoms with Gasteiger partial charge in [0.15, 0.2) is 0 Å². The Hall–Kier alpha value is -2.14. The first-order chi connectivity index (χ1) is 9.72. The molecule has 0 saturated carbocycles. The van der Waals surface area contributed by atoms with Gasteiger partial charge in [0.2, 0.25) is 5.95 Å². The van der Waals surface area contributed by atoms with Crippen LogP contribution in [0.4, 0.5) is 11.8 Å². The van der Waals surface area contributed by atoms with Gasteiger partial charge >= 0.3 is 0 Å². The average molecular weight is 269 g/mol. The third-order valence-corrected chi connectivity index (χ3v) is 3.53. The van der Waals surface area contributed by atoms with Gasteiger partial charge in [-0.1, -0.05) is 29.8 Å². The summed E-state index contributed by atoms with van der Waals surface area (Å²) in [5.41, 5.74) is 10.5. The smallest absolute Gasteiger partial charge is 0.222 e. The highest BCUT2D eigenvalue weighted by atomic mass is 15.1. The molecule has 1 aromatic heterocycles. The molecule has 2 heterocycles. The van der Waals surface area contributed by atoms with Crippen LogP contribution in [0.1, 0.15) is 22.4 Å². The normalized spacial score (nSPS) is 13.8. The van der Waals surface area contributed by atoms with E-state index in [1.54, 1.807) is 0 Å². The summed E-state index contributed by atoms with van der Waals surface area (Å²) < 4.78 is 0. The van der Waals surface area contributed by atoms with E-state index in [0.29, 0.717) is 5.95 Å². The Morgan fingerprint density at radius 1 is 1.25 bits per heavy atom. The van der Waals surface area contributed by atoms with E-state index in [-0.39, 0.29) is 0 Å². The molecule has 0 spiro atoms. The number of nitrogens with zero attached hydrogens (tertiary/aromatic N) is 2. The van der Waals surface area contributed by atoms with Gasteiger partial charge in [-0.15, -0.1) is 0 Å². The molecule has 1 aliphatic heterocycles. The first kappa shape index (κ1) is 12.9. The highest BCUT2D eigenvalue weighted by Crippen LogP contribution is 2.21. The molecule has 0 saturated heterocycles. The van der Waals surface area contributed by atoms with Gasteiger partial charge in [-0.3, -0.25) is 0 Å². The predicted octanol–water partition coefficient (Wildman–Crippen LogP) is 1.63. The predicted molar refractivity (Wildman–Crippen MR) is 80.4 cm³/mol. The number of rotatable bonds is 3. The van der Waals surface area contributed by atoms with Crippen LogP contribution in [0.2, 0.25) is 0 Å². The second kappa shape index (κ2) is 5.46. The summed E-state index contributed by atoms with van der Waals surface area (Å²) in [4.78, 5) is 8.66. The van der Waals surface area contributed by atoms with Gasteiger partial charge in [-0.25, -0.2) is 4.98 Å². The molecule has 3 rings (SSSR count). The molecule has 0 amide bonds. The number of anilines is 2. The Bertz CT molecular complexity index is 606. The number of hydrogen-bond donors (Lipinski definition) is 3. The molecular formula is C15H19N5. The van der Waals surface area contributed by atoms with Gasteiger partial charge in [-0.2, -0.15) is 4.98 Å². The van der Waals surface area contributed by atoms with E-state index in [4.69, 9.17) is 5.73 Å². The summed E-state index contributed by atoms with van der Waals surface area (Å²) in [7, 11) is 0. The standard InChI is InChI=1S/C15H19N5/c1-10-2-4-11(5-3-10)8-18-14-12-9-17-7-6-13(12)19-15(16)20-14/h2-5,17H,6-9H2,1H3,(H3,16,18,19,20). The Kier molecular flexibility index (Phi) is 3.52. The molecule has 104 valence electrons. The molecule has 5 heteroatoms. The molecule has 0 fully saturated rings. The van der Waals surface area contributed by atoms with E-state index >= 15 is 0 Å². The van der Waals surface area contributed by atoms with Crippen molar-refractivity contribution < 1.29 is 0 Å². The van der Waals surface area contributed by atoms with Crippen LogP contribution < -0.4 is 16.4 Å². The number of nitrogen functional groups attached to an aromatic ring is 1. The Morgan fingerprint density at radius 3 is 2.85 bits per heavy atom. The van der Waals surface area contributed by atoms with Crippen molar-refractivity contribution in [2.45, 2.75) is 26.4 Å². The van der Waals surface area contributed by atoms with Crippen molar-refractivity contribution in [3.05, 3.63) is 46.6 Å². The molecule has 0 radical (unpaired) electrons. The molecule has 5 nitrogen and oxygen atoms in total. The third kappa shape index (κ3) is 2.72. The summed E-state index contributed by atoms with van der Waals surface area (Å²) in [5.74, 6) is 1.19. The lowest BCUT2D eigenvalue weighted by Crippen LogP contribution is -2.26. The molecule has 20 heavy (non-hydrogen) atoms. The van der Waals surface area contributed by atoms with Gasteiger partial charge < -0.3 is 16.4 Å². The summed E-state index contributed by atoms with van der Waals surface area (Å²) in [6.45, 7) is 4.57. The van der Waals surface area contributed by atoms with Crippen LogP contribution in [0.25, 0.3) is 0 Å². The summed E-state index contributed by atoms with van der Waals surface area (Å²) in [6, 6.07) is 8.47. The minimum absolute atomic E-state index is 0.344. The van der Waals surface area contributed by atoms with Crippen molar-refractivity contribution in [3.63, 3.8) is 0 Å². The maximum absolute atomic E-state index is 5.79. The molecule has 2 aromatic rings. The second-order valence-electron chi connectivity index (χ2n) is 5.12. The Morgan fingerprint density at radius 2 is 2.05 bits per heavy atom. The molecule has 1 aliphatic rings. The number of benzene rings is 1. The van der Waals surface area contributed by atoms with Crippen LogP contribution in [0, 0.1) is 6.92 Å². The number of aryl methyl sites for hydroxylation is 1. The number of nitrogens with two attached hydrogens (primary N) is 1. The average Bonchev–Trinajstić information content (AvgIpc) is 2.46. The lowest BCUT2D eigenvalue weighted by molar-refractivity contribution is 0.628. The van der Waals surface area contributed by atoms with Crippen LogP contribution in [-0.4, -0.2) is 16.5 Å². The van der Waals surface area contributed by atoms with E-state index in [9.17, 15) is 0 Å². The molecule has 0 unspecified atom stereocenters. The van der Waals surface area contributed by atoms with Crippen molar-refractivity contribution in [1.82, 2.24) is 15.3 Å². The zero-order valence-corrected chi connectivity index (χ0v) is 11.6. The summed E-state index contributed by atoms with van der Waals surface area (Å²) >= 11 is 0. The largest absolute Gasteiger partial charge is 0.368 e. The van der Waals surface area contributed by atoms with E-state index in [1.165, 1.54) is 11.1 Å². The van der Waals surface area contributed by atoms with Crippen molar-refractivity contribution in [1.29, 1.82) is 0 Å². The number of hydrogen-bond acceptors (Lipinski definition) is 5. The third-order valence-electron chi connectivity index (χ3n) is 3.53. The zero-order chi connectivity index (χ0) is 13.9. The minimum atomic E-state index is 0.344. The first-order valence-corrected chi connectivity index (χ1v) is 6.88. The lowest BCUT2D eigenvalue weighted by Gasteiger charge is -2.20. The first-order valence-electron chi connectivity index (χ1n) is 6.88. The number of fused-ring (bicyclic) bond motifs is 1. The fourth-order valence-corrected chi connectivity index (χ4v) is 2.40. The Balaban J connectivity index is 1.80. The summed E-state index contributed by atoms with van der Waals surface area (Å²) in [6.07, 6.45) is 0.904. The van der Waals surface area contributed by atoms with Gasteiger partial charge in [0.25, 0.3) is 0 Å². The van der Waals surface area contributed by atoms with Crippen LogP contribution in [0.3, 0.4) is 0 Å². The second-order valence-corrected chi connectivity index (χ2v) is 5.12. The van der Waals surface area contributed by atoms with Gasteiger partial charge in [0.05, 0.1) is 5.69 Å². The van der Waals surface area contributed by atoms with Gasteiger partial charge in [0, 0.05) is 31.6 Å². The highest BCUT2D eigenvalue weighted by molar-refractivity contribution is 5.51. The van der Waals surface area contributed by atoms with Gasteiger partial charge in [-0.05, 0) is 12.5 Å². The van der Waals surface area contributed by atoms with Crippen LogP contribution in [-0.2, 0) is 19.5 Å². The summed E-state index contributed by atoms with van der Waals surface area (Å²) in [5, 5.41) is 6.72. The lowest BCUT2D eigenvalue weighted by atomic mass is 10.1. The van der Waals surface area contributed by atoms with E-state index in [1.807, 2.05) is 0 Å². The zero-order valence-electron chi connectivity index (χ0n) is 11.6. The van der Waals surface area contributed by atoms with E-state index < -0.39 is 0 Å². The molecular weight excluding hydrogens is 250 g/mol. The minimum Gasteiger partial charge on any atom is -0.368 e.